The van der Waals surface area contributed by atoms with Crippen LogP contribution in [0.15, 0.2) is 6.07 Å². The van der Waals surface area contributed by atoms with E-state index in [9.17, 15) is 5.11 Å². The van der Waals surface area contributed by atoms with Crippen molar-refractivity contribution in [2.45, 2.75) is 25.4 Å². The SMILES string of the molecule is COc1cc(Cl)c2c(c1OC)[C@@H](O)CCC2. The van der Waals surface area contributed by atoms with E-state index in [1.54, 1.807) is 20.3 Å². The second-order valence-corrected chi connectivity index (χ2v) is 4.30. The van der Waals surface area contributed by atoms with Gasteiger partial charge in [-0.1, -0.05) is 11.6 Å². The summed E-state index contributed by atoms with van der Waals surface area (Å²) in [6.07, 6.45) is 2.06. The molecule has 0 radical (unpaired) electrons. The van der Waals surface area contributed by atoms with Crippen LogP contribution in [-0.4, -0.2) is 19.3 Å². The van der Waals surface area contributed by atoms with Crippen LogP contribution in [0, 0.1) is 0 Å². The fourth-order valence-corrected chi connectivity index (χ4v) is 2.55. The molecular weight excluding hydrogens is 228 g/mol. The molecule has 4 heteroatoms. The summed E-state index contributed by atoms with van der Waals surface area (Å²) in [7, 11) is 3.14. The predicted molar refractivity (Wildman–Crippen MR) is 62.5 cm³/mol. The molecule has 0 fully saturated rings. The van der Waals surface area contributed by atoms with Crippen LogP contribution >= 0.6 is 11.6 Å². The first-order valence-electron chi connectivity index (χ1n) is 5.30. The van der Waals surface area contributed by atoms with Crippen molar-refractivity contribution >= 4 is 11.6 Å². The number of methoxy groups -OCH3 is 2. The third-order valence-electron chi connectivity index (χ3n) is 3.00. The third-order valence-corrected chi connectivity index (χ3v) is 3.34. The van der Waals surface area contributed by atoms with Crippen LogP contribution in [0.1, 0.15) is 30.1 Å². The number of rotatable bonds is 2. The first-order chi connectivity index (χ1) is 7.69. The maximum absolute atomic E-state index is 10.0. The Kier molecular flexibility index (Phi) is 3.26. The van der Waals surface area contributed by atoms with Gasteiger partial charge in [-0.15, -0.1) is 0 Å². The van der Waals surface area contributed by atoms with Gasteiger partial charge in [0.25, 0.3) is 0 Å². The van der Waals surface area contributed by atoms with Gasteiger partial charge in [0.05, 0.1) is 20.3 Å². The Bertz CT molecular complexity index is 404. The highest BCUT2D eigenvalue weighted by molar-refractivity contribution is 6.31. The summed E-state index contributed by atoms with van der Waals surface area (Å²) in [5, 5.41) is 10.7. The summed E-state index contributed by atoms with van der Waals surface area (Å²) >= 11 is 6.17. The molecule has 16 heavy (non-hydrogen) atoms. The van der Waals surface area contributed by atoms with Crippen molar-refractivity contribution in [3.8, 4) is 11.5 Å². The Labute approximate surface area is 99.9 Å². The van der Waals surface area contributed by atoms with Crippen LogP contribution in [0.2, 0.25) is 5.02 Å². The van der Waals surface area contributed by atoms with E-state index in [2.05, 4.69) is 0 Å². The van der Waals surface area contributed by atoms with E-state index in [-0.39, 0.29) is 0 Å². The van der Waals surface area contributed by atoms with E-state index in [0.717, 1.165) is 30.4 Å². The molecule has 0 bridgehead atoms. The summed E-state index contributed by atoms with van der Waals surface area (Å²) in [6.45, 7) is 0. The second kappa shape index (κ2) is 4.52. The first-order valence-corrected chi connectivity index (χ1v) is 5.68. The Morgan fingerprint density at radius 1 is 1.38 bits per heavy atom. The monoisotopic (exact) mass is 242 g/mol. The van der Waals surface area contributed by atoms with Crippen LogP contribution in [0.3, 0.4) is 0 Å². The summed E-state index contributed by atoms with van der Waals surface area (Å²) in [6, 6.07) is 1.75. The van der Waals surface area contributed by atoms with Gasteiger partial charge in [-0.3, -0.25) is 0 Å². The van der Waals surface area contributed by atoms with E-state index < -0.39 is 6.10 Å². The smallest absolute Gasteiger partial charge is 0.166 e. The average molecular weight is 243 g/mol. The van der Waals surface area contributed by atoms with Crippen molar-refractivity contribution < 1.29 is 14.6 Å². The van der Waals surface area contributed by atoms with Crippen molar-refractivity contribution in [1.29, 1.82) is 0 Å². The second-order valence-electron chi connectivity index (χ2n) is 3.89. The van der Waals surface area contributed by atoms with Gasteiger partial charge >= 0.3 is 0 Å². The number of hydrogen-bond donors (Lipinski definition) is 1. The molecule has 1 aromatic rings. The normalized spacial score (nSPS) is 19.1. The number of halogens is 1. The number of benzene rings is 1. The van der Waals surface area contributed by atoms with E-state index in [1.165, 1.54) is 0 Å². The van der Waals surface area contributed by atoms with Crippen LogP contribution in [0.25, 0.3) is 0 Å². The number of aliphatic hydroxyl groups excluding tert-OH is 1. The lowest BCUT2D eigenvalue weighted by atomic mass is 9.88. The van der Waals surface area contributed by atoms with E-state index >= 15 is 0 Å². The molecule has 0 aromatic heterocycles. The number of aliphatic hydroxyl groups is 1. The predicted octanol–water partition coefficient (Wildman–Crippen LogP) is 2.73. The Balaban J connectivity index is 2.65. The van der Waals surface area contributed by atoms with Crippen LogP contribution < -0.4 is 9.47 Å². The summed E-state index contributed by atoms with van der Waals surface area (Å²) in [5.41, 5.74) is 1.77. The van der Waals surface area contributed by atoms with E-state index in [1.807, 2.05) is 0 Å². The zero-order valence-corrected chi connectivity index (χ0v) is 10.2. The van der Waals surface area contributed by atoms with Crippen molar-refractivity contribution in [1.82, 2.24) is 0 Å². The largest absolute Gasteiger partial charge is 0.493 e. The van der Waals surface area contributed by atoms with Crippen molar-refractivity contribution in [3.63, 3.8) is 0 Å². The number of ether oxygens (including phenoxy) is 2. The highest BCUT2D eigenvalue weighted by Crippen LogP contribution is 2.45. The van der Waals surface area contributed by atoms with Crippen molar-refractivity contribution in [2.24, 2.45) is 0 Å². The van der Waals surface area contributed by atoms with E-state index in [4.69, 9.17) is 21.1 Å². The van der Waals surface area contributed by atoms with Crippen LogP contribution in [-0.2, 0) is 6.42 Å². The van der Waals surface area contributed by atoms with Gasteiger partial charge in [0, 0.05) is 16.7 Å². The minimum absolute atomic E-state index is 0.508. The van der Waals surface area contributed by atoms with Gasteiger partial charge in [-0.2, -0.15) is 0 Å². The Morgan fingerprint density at radius 3 is 2.75 bits per heavy atom. The Hall–Kier alpha value is -0.930. The van der Waals surface area contributed by atoms with Gasteiger partial charge in [0.1, 0.15) is 0 Å². The van der Waals surface area contributed by atoms with Gasteiger partial charge in [-0.25, -0.2) is 0 Å². The quantitative estimate of drug-likeness (QED) is 0.867. The molecule has 1 aromatic carbocycles. The Morgan fingerprint density at radius 2 is 2.12 bits per heavy atom. The standard InChI is InChI=1S/C12H15ClO3/c1-15-10-6-8(13)7-4-3-5-9(14)11(7)12(10)16-2/h6,9,14H,3-5H2,1-2H3/t9-/m0/s1. The molecule has 1 aliphatic rings. The lowest BCUT2D eigenvalue weighted by Gasteiger charge is -2.25. The summed E-state index contributed by atoms with van der Waals surface area (Å²) in [4.78, 5) is 0. The fraction of sp³-hybridized carbons (Fsp3) is 0.500. The molecule has 0 unspecified atom stereocenters. The molecule has 0 spiro atoms. The molecule has 1 aliphatic carbocycles. The molecule has 0 saturated carbocycles. The number of fused-ring (bicyclic) bond motifs is 1. The fourth-order valence-electron chi connectivity index (χ4n) is 2.25. The zero-order chi connectivity index (χ0) is 11.7. The first kappa shape index (κ1) is 11.6. The van der Waals surface area contributed by atoms with Gasteiger partial charge < -0.3 is 14.6 Å². The maximum atomic E-state index is 10.0. The minimum atomic E-state index is -0.508. The molecule has 3 nitrogen and oxygen atoms in total. The molecule has 1 atom stereocenters. The summed E-state index contributed by atoms with van der Waals surface area (Å²) < 4.78 is 10.5. The molecule has 0 amide bonds. The minimum Gasteiger partial charge on any atom is -0.493 e. The molecule has 88 valence electrons. The molecule has 1 N–H and O–H groups in total. The topological polar surface area (TPSA) is 38.7 Å². The molecular formula is C12H15ClO3. The average Bonchev–Trinajstić information content (AvgIpc) is 2.29. The highest BCUT2D eigenvalue weighted by atomic mass is 35.5. The molecule has 0 aliphatic heterocycles. The van der Waals surface area contributed by atoms with Gasteiger partial charge in [0.2, 0.25) is 0 Å². The maximum Gasteiger partial charge on any atom is 0.166 e. The van der Waals surface area contributed by atoms with E-state index in [0.29, 0.717) is 16.5 Å². The number of hydrogen-bond acceptors (Lipinski definition) is 3. The van der Waals surface area contributed by atoms with Crippen molar-refractivity contribution in [3.05, 3.63) is 22.2 Å². The lowest BCUT2D eigenvalue weighted by molar-refractivity contribution is 0.151. The van der Waals surface area contributed by atoms with Crippen molar-refractivity contribution in [2.75, 3.05) is 14.2 Å². The molecule has 0 heterocycles. The molecule has 2 rings (SSSR count). The van der Waals surface area contributed by atoms with Gasteiger partial charge in [0.15, 0.2) is 11.5 Å². The zero-order valence-electron chi connectivity index (χ0n) is 9.42. The van der Waals surface area contributed by atoms with Crippen LogP contribution in [0.5, 0.6) is 11.5 Å². The van der Waals surface area contributed by atoms with Gasteiger partial charge in [-0.05, 0) is 24.8 Å². The third kappa shape index (κ3) is 1.74. The van der Waals surface area contributed by atoms with Crippen LogP contribution in [0.4, 0.5) is 0 Å². The lowest BCUT2D eigenvalue weighted by Crippen LogP contribution is -2.12. The highest BCUT2D eigenvalue weighted by Gasteiger charge is 2.27. The summed E-state index contributed by atoms with van der Waals surface area (Å²) in [5.74, 6) is 1.18. The molecule has 0 saturated heterocycles.